The van der Waals surface area contributed by atoms with Gasteiger partial charge < -0.3 is 10.6 Å². The van der Waals surface area contributed by atoms with Crippen LogP contribution in [0.4, 0.5) is 0 Å². The van der Waals surface area contributed by atoms with Crippen molar-refractivity contribution in [2.24, 2.45) is 5.73 Å². The Labute approximate surface area is 140 Å². The molecule has 1 amide bonds. The van der Waals surface area contributed by atoms with E-state index in [1.54, 1.807) is 11.8 Å². The molecular formula is C15H21ClN2OS2. The molecule has 116 valence electrons. The molecule has 0 saturated carbocycles. The monoisotopic (exact) mass is 344 g/mol. The molecule has 0 aromatic heterocycles. The molecule has 0 aliphatic carbocycles. The Balaban J connectivity index is 0.00000161. The van der Waals surface area contributed by atoms with Gasteiger partial charge in [-0.15, -0.1) is 24.2 Å². The van der Waals surface area contributed by atoms with Crippen LogP contribution in [-0.2, 0) is 4.79 Å². The maximum atomic E-state index is 12.6. The summed E-state index contributed by atoms with van der Waals surface area (Å²) < 4.78 is 0. The van der Waals surface area contributed by atoms with E-state index in [1.165, 1.54) is 11.3 Å². The first-order valence-corrected chi connectivity index (χ1v) is 9.24. The molecule has 2 fully saturated rings. The van der Waals surface area contributed by atoms with Crippen molar-refractivity contribution in [1.82, 2.24) is 4.90 Å². The van der Waals surface area contributed by atoms with Crippen molar-refractivity contribution in [2.75, 3.05) is 30.3 Å². The number of carbonyl (C=O) groups is 1. The summed E-state index contributed by atoms with van der Waals surface area (Å²) >= 11 is 3.69. The number of rotatable bonds is 2. The second kappa shape index (κ2) is 7.77. The molecule has 2 aliphatic rings. The standard InChI is InChI=1S/C15H20N2OS2.ClH/c16-13-9-17(15(18)14-10-19-6-7-20-14)8-12(13)11-4-2-1-3-5-11;/h1-5,12-14H,6-10,16H2;1H/t12-,13+,14?;/m0./s1. The average Bonchev–Trinajstić information content (AvgIpc) is 2.90. The summed E-state index contributed by atoms with van der Waals surface area (Å²) in [5.74, 6) is 3.77. The Kier molecular flexibility index (Phi) is 6.29. The SMILES string of the molecule is Cl.N[C@@H]1CN(C(=O)C2CSCCS2)C[C@H]1c1ccccc1. The minimum Gasteiger partial charge on any atom is -0.339 e. The zero-order valence-corrected chi connectivity index (χ0v) is 14.3. The number of nitrogens with two attached hydrogens (primary N) is 1. The van der Waals surface area contributed by atoms with Crippen molar-refractivity contribution < 1.29 is 4.79 Å². The highest BCUT2D eigenvalue weighted by atomic mass is 35.5. The first-order chi connectivity index (χ1) is 9.75. The van der Waals surface area contributed by atoms with E-state index in [0.29, 0.717) is 6.54 Å². The molecule has 3 atom stereocenters. The lowest BCUT2D eigenvalue weighted by Crippen LogP contribution is -2.40. The predicted molar refractivity (Wildman–Crippen MR) is 94.6 cm³/mol. The second-order valence-electron chi connectivity index (χ2n) is 5.36. The molecule has 0 spiro atoms. The highest BCUT2D eigenvalue weighted by Gasteiger charge is 2.36. The van der Waals surface area contributed by atoms with Gasteiger partial charge >= 0.3 is 0 Å². The number of hydrogen-bond donors (Lipinski definition) is 1. The van der Waals surface area contributed by atoms with Gasteiger partial charge in [-0.05, 0) is 5.56 Å². The molecule has 2 saturated heterocycles. The van der Waals surface area contributed by atoms with Crippen LogP contribution in [0.3, 0.4) is 0 Å². The lowest BCUT2D eigenvalue weighted by Gasteiger charge is -2.25. The van der Waals surface area contributed by atoms with Crippen LogP contribution in [0, 0.1) is 0 Å². The Morgan fingerprint density at radius 2 is 1.95 bits per heavy atom. The fraction of sp³-hybridized carbons (Fsp3) is 0.533. The van der Waals surface area contributed by atoms with Crippen molar-refractivity contribution in [3.8, 4) is 0 Å². The molecule has 1 unspecified atom stereocenters. The van der Waals surface area contributed by atoms with Crippen molar-refractivity contribution in [3.63, 3.8) is 0 Å². The largest absolute Gasteiger partial charge is 0.339 e. The van der Waals surface area contributed by atoms with Gasteiger partial charge in [0.1, 0.15) is 0 Å². The lowest BCUT2D eigenvalue weighted by molar-refractivity contribution is -0.129. The number of hydrogen-bond acceptors (Lipinski definition) is 4. The Morgan fingerprint density at radius 3 is 2.62 bits per heavy atom. The third-order valence-corrected chi connectivity index (χ3v) is 6.74. The third-order valence-electron chi connectivity index (χ3n) is 4.00. The average molecular weight is 345 g/mol. The summed E-state index contributed by atoms with van der Waals surface area (Å²) in [5, 5.41) is 0.135. The van der Waals surface area contributed by atoms with Crippen LogP contribution in [0.2, 0.25) is 0 Å². The van der Waals surface area contributed by atoms with Crippen LogP contribution in [0.1, 0.15) is 11.5 Å². The molecule has 3 rings (SSSR count). The zero-order valence-electron chi connectivity index (χ0n) is 11.8. The maximum Gasteiger partial charge on any atom is 0.236 e. The van der Waals surface area contributed by atoms with Gasteiger partial charge in [-0.3, -0.25) is 4.79 Å². The molecule has 2 N–H and O–H groups in total. The molecule has 21 heavy (non-hydrogen) atoms. The van der Waals surface area contributed by atoms with Gasteiger partial charge in [-0.1, -0.05) is 30.3 Å². The lowest BCUT2D eigenvalue weighted by atomic mass is 9.95. The van der Waals surface area contributed by atoms with Crippen LogP contribution < -0.4 is 5.73 Å². The summed E-state index contributed by atoms with van der Waals surface area (Å²) in [6.45, 7) is 1.46. The number of carbonyl (C=O) groups excluding carboxylic acids is 1. The van der Waals surface area contributed by atoms with E-state index in [-0.39, 0.29) is 35.5 Å². The minimum absolute atomic E-state index is 0. The van der Waals surface area contributed by atoms with Crippen molar-refractivity contribution in [1.29, 1.82) is 0 Å². The van der Waals surface area contributed by atoms with Gasteiger partial charge in [0.25, 0.3) is 0 Å². The molecule has 0 bridgehead atoms. The fourth-order valence-electron chi connectivity index (χ4n) is 2.90. The van der Waals surface area contributed by atoms with Crippen molar-refractivity contribution in [2.45, 2.75) is 17.2 Å². The minimum atomic E-state index is 0. The van der Waals surface area contributed by atoms with E-state index in [0.717, 1.165) is 18.1 Å². The van der Waals surface area contributed by atoms with Crippen LogP contribution >= 0.6 is 35.9 Å². The highest BCUT2D eigenvalue weighted by molar-refractivity contribution is 8.07. The number of nitrogens with zero attached hydrogens (tertiary/aromatic N) is 1. The first kappa shape index (κ1) is 17.0. The Hall–Kier alpha value is -0.360. The normalized spacial score (nSPS) is 29.0. The number of likely N-dealkylation sites (tertiary alicyclic amines) is 1. The van der Waals surface area contributed by atoms with Gasteiger partial charge in [0.2, 0.25) is 5.91 Å². The molecule has 2 aliphatic heterocycles. The van der Waals surface area contributed by atoms with Crippen molar-refractivity contribution >= 4 is 41.8 Å². The highest BCUT2D eigenvalue weighted by Crippen LogP contribution is 2.30. The number of amides is 1. The summed E-state index contributed by atoms with van der Waals surface area (Å²) in [5.41, 5.74) is 7.51. The van der Waals surface area contributed by atoms with Crippen LogP contribution in [0.25, 0.3) is 0 Å². The van der Waals surface area contributed by atoms with Crippen LogP contribution in [0.5, 0.6) is 0 Å². The smallest absolute Gasteiger partial charge is 0.236 e. The molecule has 1 aromatic rings. The number of thioether (sulfide) groups is 2. The number of benzene rings is 1. The summed E-state index contributed by atoms with van der Waals surface area (Å²) in [4.78, 5) is 14.5. The Bertz CT molecular complexity index is 468. The van der Waals surface area contributed by atoms with E-state index in [9.17, 15) is 4.79 Å². The fourth-order valence-corrected chi connectivity index (χ4v) is 5.53. The van der Waals surface area contributed by atoms with E-state index < -0.39 is 0 Å². The van der Waals surface area contributed by atoms with Gasteiger partial charge in [0.05, 0.1) is 5.25 Å². The predicted octanol–water partition coefficient (Wildman–Crippen LogP) is 2.21. The summed E-state index contributed by atoms with van der Waals surface area (Å²) in [7, 11) is 0. The van der Waals surface area contributed by atoms with Gasteiger partial charge in [-0.25, -0.2) is 0 Å². The molecule has 1 aromatic carbocycles. The van der Waals surface area contributed by atoms with E-state index in [2.05, 4.69) is 12.1 Å². The molecule has 2 heterocycles. The van der Waals surface area contributed by atoms with Gasteiger partial charge in [-0.2, -0.15) is 11.8 Å². The first-order valence-electron chi connectivity index (χ1n) is 7.04. The third kappa shape index (κ3) is 3.89. The van der Waals surface area contributed by atoms with Gasteiger partial charge in [0.15, 0.2) is 0 Å². The summed E-state index contributed by atoms with van der Waals surface area (Å²) in [6, 6.07) is 10.4. The van der Waals surface area contributed by atoms with E-state index in [1.807, 2.05) is 34.9 Å². The molecule has 0 radical (unpaired) electrons. The van der Waals surface area contributed by atoms with E-state index in [4.69, 9.17) is 5.73 Å². The number of halogens is 1. The Morgan fingerprint density at radius 1 is 1.19 bits per heavy atom. The quantitative estimate of drug-likeness (QED) is 0.893. The van der Waals surface area contributed by atoms with Gasteiger partial charge in [0, 0.05) is 42.3 Å². The van der Waals surface area contributed by atoms with Crippen LogP contribution in [0.15, 0.2) is 30.3 Å². The summed E-state index contributed by atoms with van der Waals surface area (Å²) in [6.07, 6.45) is 0. The molecule has 3 nitrogen and oxygen atoms in total. The van der Waals surface area contributed by atoms with Crippen molar-refractivity contribution in [3.05, 3.63) is 35.9 Å². The second-order valence-corrected chi connectivity index (χ2v) is 7.82. The van der Waals surface area contributed by atoms with Crippen LogP contribution in [-0.4, -0.2) is 52.4 Å². The topological polar surface area (TPSA) is 46.3 Å². The zero-order chi connectivity index (χ0) is 13.9. The molecular weight excluding hydrogens is 324 g/mol. The molecule has 6 heteroatoms. The maximum absolute atomic E-state index is 12.6. The van der Waals surface area contributed by atoms with E-state index >= 15 is 0 Å².